The lowest BCUT2D eigenvalue weighted by Gasteiger charge is -2.25. The fourth-order valence-corrected chi connectivity index (χ4v) is 1.15. The van der Waals surface area contributed by atoms with E-state index >= 15 is 0 Å². The number of rotatable bonds is 5. The second-order valence-corrected chi connectivity index (χ2v) is 2.97. The molecule has 0 amide bonds. The summed E-state index contributed by atoms with van der Waals surface area (Å²) in [4.78, 5) is 11.1. The van der Waals surface area contributed by atoms with Crippen LogP contribution in [0.3, 0.4) is 0 Å². The van der Waals surface area contributed by atoms with Crippen molar-refractivity contribution in [3.8, 4) is 0 Å². The van der Waals surface area contributed by atoms with Crippen LogP contribution in [0.2, 0.25) is 0 Å². The summed E-state index contributed by atoms with van der Waals surface area (Å²) < 4.78 is 5.38. The number of carbonyl (C=O) groups is 1. The van der Waals surface area contributed by atoms with Crippen LogP contribution >= 0.6 is 0 Å². The van der Waals surface area contributed by atoms with Gasteiger partial charge in [-0.1, -0.05) is 13.3 Å². The van der Waals surface area contributed by atoms with Gasteiger partial charge in [0.2, 0.25) is 0 Å². The Morgan fingerprint density at radius 2 is 2.00 bits per heavy atom. The van der Waals surface area contributed by atoms with Gasteiger partial charge in [-0.3, -0.25) is 4.79 Å². The predicted octanol–water partition coefficient (Wildman–Crippen LogP) is 2.17. The Labute approximate surface area is 68.9 Å². The third-order valence-electron chi connectivity index (χ3n) is 1.93. The Bertz CT molecular complexity index is 124. The Hall–Kier alpha value is -0.370. The van der Waals surface area contributed by atoms with Crippen LogP contribution in [0.15, 0.2) is 0 Å². The van der Waals surface area contributed by atoms with E-state index in [1.54, 1.807) is 6.92 Å². The summed E-state index contributed by atoms with van der Waals surface area (Å²) in [7, 11) is 0. The van der Waals surface area contributed by atoms with Gasteiger partial charge >= 0.3 is 0 Å². The van der Waals surface area contributed by atoms with E-state index in [0.717, 1.165) is 12.8 Å². The first-order valence-corrected chi connectivity index (χ1v) is 4.21. The van der Waals surface area contributed by atoms with Gasteiger partial charge < -0.3 is 4.74 Å². The van der Waals surface area contributed by atoms with Crippen molar-refractivity contribution in [1.82, 2.24) is 0 Å². The van der Waals surface area contributed by atoms with Gasteiger partial charge in [0.05, 0.1) is 0 Å². The largest absolute Gasteiger partial charge is 0.368 e. The molecule has 0 saturated heterocycles. The first-order valence-electron chi connectivity index (χ1n) is 4.21. The van der Waals surface area contributed by atoms with Gasteiger partial charge in [0.1, 0.15) is 5.60 Å². The molecule has 1 unspecified atom stereocenters. The minimum absolute atomic E-state index is 0.126. The molecule has 0 N–H and O–H groups in total. The van der Waals surface area contributed by atoms with E-state index in [1.807, 2.05) is 13.8 Å². The molecule has 0 aliphatic rings. The molecule has 0 aromatic rings. The molecule has 0 rings (SSSR count). The molecule has 11 heavy (non-hydrogen) atoms. The van der Waals surface area contributed by atoms with Crippen molar-refractivity contribution in [2.24, 2.45) is 0 Å². The van der Waals surface area contributed by atoms with Crippen molar-refractivity contribution in [1.29, 1.82) is 0 Å². The Kier molecular flexibility index (Phi) is 4.34. The van der Waals surface area contributed by atoms with Gasteiger partial charge in [0.25, 0.3) is 0 Å². The van der Waals surface area contributed by atoms with Crippen molar-refractivity contribution in [2.75, 3.05) is 6.61 Å². The fourth-order valence-electron chi connectivity index (χ4n) is 1.15. The lowest BCUT2D eigenvalue weighted by atomic mass is 9.96. The zero-order valence-corrected chi connectivity index (χ0v) is 7.94. The molecule has 66 valence electrons. The van der Waals surface area contributed by atoms with Gasteiger partial charge in [-0.05, 0) is 27.2 Å². The quantitative estimate of drug-likeness (QED) is 0.613. The maximum Gasteiger partial charge on any atom is 0.161 e. The summed E-state index contributed by atoms with van der Waals surface area (Å²) in [6, 6.07) is 0. The van der Waals surface area contributed by atoms with Crippen molar-refractivity contribution in [3.63, 3.8) is 0 Å². The summed E-state index contributed by atoms with van der Waals surface area (Å²) in [5.41, 5.74) is -0.538. The first-order chi connectivity index (χ1) is 5.06. The third kappa shape index (κ3) is 3.02. The van der Waals surface area contributed by atoms with E-state index in [1.165, 1.54) is 0 Å². The highest BCUT2D eigenvalue weighted by Gasteiger charge is 2.28. The van der Waals surface area contributed by atoms with Crippen LogP contribution in [-0.2, 0) is 9.53 Å². The van der Waals surface area contributed by atoms with Crippen molar-refractivity contribution >= 4 is 5.78 Å². The highest BCUT2D eigenvalue weighted by molar-refractivity contribution is 5.84. The van der Waals surface area contributed by atoms with Gasteiger partial charge in [0, 0.05) is 6.61 Å². The first kappa shape index (κ1) is 10.6. The molecule has 0 bridgehead atoms. The van der Waals surface area contributed by atoms with E-state index in [4.69, 9.17) is 4.74 Å². The van der Waals surface area contributed by atoms with Crippen molar-refractivity contribution in [2.45, 2.75) is 46.1 Å². The molecular formula is C9H18O2. The van der Waals surface area contributed by atoms with Crippen LogP contribution in [0.5, 0.6) is 0 Å². The van der Waals surface area contributed by atoms with Crippen LogP contribution in [-0.4, -0.2) is 18.0 Å². The minimum atomic E-state index is -0.538. The zero-order valence-electron chi connectivity index (χ0n) is 7.94. The Morgan fingerprint density at radius 3 is 2.27 bits per heavy atom. The SMILES string of the molecule is CCCC(C)(OCC)C(C)=O. The lowest BCUT2D eigenvalue weighted by Crippen LogP contribution is -2.36. The van der Waals surface area contributed by atoms with E-state index < -0.39 is 5.60 Å². The van der Waals surface area contributed by atoms with E-state index in [-0.39, 0.29) is 5.78 Å². The molecule has 1 atom stereocenters. The molecule has 0 saturated carbocycles. The molecule has 0 aliphatic heterocycles. The fraction of sp³-hybridized carbons (Fsp3) is 0.889. The molecular weight excluding hydrogens is 140 g/mol. The summed E-state index contributed by atoms with van der Waals surface area (Å²) in [5.74, 6) is 0.126. The molecule has 0 aromatic heterocycles. The summed E-state index contributed by atoms with van der Waals surface area (Å²) in [5, 5.41) is 0. The highest BCUT2D eigenvalue weighted by Crippen LogP contribution is 2.18. The average molecular weight is 158 g/mol. The van der Waals surface area contributed by atoms with Gasteiger partial charge in [-0.2, -0.15) is 0 Å². The van der Waals surface area contributed by atoms with E-state index in [9.17, 15) is 4.79 Å². The van der Waals surface area contributed by atoms with Crippen molar-refractivity contribution < 1.29 is 9.53 Å². The maximum absolute atomic E-state index is 11.1. The molecule has 0 spiro atoms. The summed E-state index contributed by atoms with van der Waals surface area (Å²) in [6.07, 6.45) is 1.80. The normalized spacial score (nSPS) is 16.0. The number of hydrogen-bond donors (Lipinski definition) is 0. The lowest BCUT2D eigenvalue weighted by molar-refractivity contribution is -0.140. The molecule has 0 heterocycles. The van der Waals surface area contributed by atoms with Crippen LogP contribution < -0.4 is 0 Å². The summed E-state index contributed by atoms with van der Waals surface area (Å²) >= 11 is 0. The van der Waals surface area contributed by atoms with E-state index in [2.05, 4.69) is 6.92 Å². The number of hydrogen-bond acceptors (Lipinski definition) is 2. The summed E-state index contributed by atoms with van der Waals surface area (Å²) in [6.45, 7) is 8.03. The van der Waals surface area contributed by atoms with Crippen LogP contribution in [0, 0.1) is 0 Å². The van der Waals surface area contributed by atoms with E-state index in [0.29, 0.717) is 6.61 Å². The third-order valence-corrected chi connectivity index (χ3v) is 1.93. The van der Waals surface area contributed by atoms with Gasteiger partial charge in [0.15, 0.2) is 5.78 Å². The molecule has 0 fully saturated rings. The standard InChI is InChI=1S/C9H18O2/c1-5-7-9(4,8(3)10)11-6-2/h5-7H2,1-4H3. The monoisotopic (exact) mass is 158 g/mol. The minimum Gasteiger partial charge on any atom is -0.368 e. The highest BCUT2D eigenvalue weighted by atomic mass is 16.5. The maximum atomic E-state index is 11.1. The van der Waals surface area contributed by atoms with Crippen molar-refractivity contribution in [3.05, 3.63) is 0 Å². The smallest absolute Gasteiger partial charge is 0.161 e. The number of ketones is 1. The topological polar surface area (TPSA) is 26.3 Å². The van der Waals surface area contributed by atoms with Crippen LogP contribution in [0.4, 0.5) is 0 Å². The molecule has 0 aromatic carbocycles. The number of Topliss-reactive ketones (excluding diaryl/α,β-unsaturated/α-hetero) is 1. The Morgan fingerprint density at radius 1 is 1.45 bits per heavy atom. The van der Waals surface area contributed by atoms with Crippen LogP contribution in [0.1, 0.15) is 40.5 Å². The zero-order chi connectivity index (χ0) is 8.91. The van der Waals surface area contributed by atoms with Crippen LogP contribution in [0.25, 0.3) is 0 Å². The molecule has 2 nitrogen and oxygen atoms in total. The number of ether oxygens (including phenoxy) is 1. The second-order valence-electron chi connectivity index (χ2n) is 2.97. The van der Waals surface area contributed by atoms with Gasteiger partial charge in [-0.25, -0.2) is 0 Å². The molecule has 0 radical (unpaired) electrons. The van der Waals surface area contributed by atoms with Gasteiger partial charge in [-0.15, -0.1) is 0 Å². The molecule has 0 aliphatic carbocycles. The number of carbonyl (C=O) groups excluding carboxylic acids is 1. The Balaban J connectivity index is 4.13. The average Bonchev–Trinajstić information content (AvgIpc) is 1.88. The molecule has 2 heteroatoms. The second kappa shape index (κ2) is 4.50. The predicted molar refractivity (Wildman–Crippen MR) is 45.6 cm³/mol.